The van der Waals surface area contributed by atoms with Crippen molar-refractivity contribution in [3.63, 3.8) is 0 Å². The molecule has 1 N–H and O–H groups in total. The minimum atomic E-state index is -0.990. The number of benzene rings is 1. The van der Waals surface area contributed by atoms with Gasteiger partial charge in [0.1, 0.15) is 11.6 Å². The van der Waals surface area contributed by atoms with Gasteiger partial charge in [0.05, 0.1) is 7.11 Å². The molecule has 2 aliphatic heterocycles. The standard InChI is InChI=1S/C33H41NO5/c1-31-11-8-24-23(6-5-21-16-22(35)7-12-32(21,24)2)25(31)17-33(36,18-31)13-9-26-28-20(10-14-34(26)3)15-27-29(30(28)37-4)39-19-38-27/h15-16,23-26,36H,5-8,10-12,14,17-19H2,1-4H3/t23?,24?,25?,26?,31-,32+,33?/m1/s1. The van der Waals surface area contributed by atoms with Crippen LogP contribution in [0, 0.1) is 40.4 Å². The first-order chi connectivity index (χ1) is 18.6. The van der Waals surface area contributed by atoms with E-state index in [2.05, 4.69) is 43.7 Å². The molecule has 39 heavy (non-hydrogen) atoms. The molecule has 1 aromatic carbocycles. The van der Waals surface area contributed by atoms with E-state index in [-0.39, 0.29) is 23.7 Å². The maximum atomic E-state index is 12.2. The van der Waals surface area contributed by atoms with Gasteiger partial charge in [-0.15, -0.1) is 0 Å². The van der Waals surface area contributed by atoms with Crippen molar-refractivity contribution < 1.29 is 24.1 Å². The summed E-state index contributed by atoms with van der Waals surface area (Å²) in [5.41, 5.74) is 2.87. The summed E-state index contributed by atoms with van der Waals surface area (Å²) in [5.74, 6) is 11.1. The Bertz CT molecular complexity index is 1320. The molecule has 2 heterocycles. The highest BCUT2D eigenvalue weighted by Gasteiger charge is 2.60. The topological polar surface area (TPSA) is 68.2 Å². The largest absolute Gasteiger partial charge is 0.492 e. The van der Waals surface area contributed by atoms with Gasteiger partial charge in [-0.25, -0.2) is 0 Å². The second-order valence-corrected chi connectivity index (χ2v) is 13.7. The average Bonchev–Trinajstić information content (AvgIpc) is 3.48. The quantitative estimate of drug-likeness (QED) is 0.502. The van der Waals surface area contributed by atoms with Crippen LogP contribution in [0.15, 0.2) is 17.7 Å². The molecule has 5 unspecified atom stereocenters. The predicted octanol–water partition coefficient (Wildman–Crippen LogP) is 5.22. The lowest BCUT2D eigenvalue weighted by Crippen LogP contribution is -2.49. The van der Waals surface area contributed by atoms with Crippen LogP contribution in [-0.2, 0) is 11.2 Å². The van der Waals surface area contributed by atoms with E-state index in [0.29, 0.717) is 41.5 Å². The first-order valence-electron chi connectivity index (χ1n) is 14.8. The molecule has 0 saturated heterocycles. The number of ketones is 1. The molecular weight excluding hydrogens is 490 g/mol. The Balaban J connectivity index is 1.19. The van der Waals surface area contributed by atoms with Crippen LogP contribution in [0.3, 0.4) is 0 Å². The number of carbonyl (C=O) groups excluding carboxylic acids is 1. The highest BCUT2D eigenvalue weighted by molar-refractivity contribution is 5.91. The number of fused-ring (bicyclic) bond motifs is 7. The zero-order valence-electron chi connectivity index (χ0n) is 23.8. The fourth-order valence-corrected chi connectivity index (χ4v) is 9.59. The fraction of sp³-hybridized carbons (Fsp3) is 0.667. The smallest absolute Gasteiger partial charge is 0.231 e. The molecule has 0 amide bonds. The number of hydrogen-bond acceptors (Lipinski definition) is 6. The molecule has 0 aromatic heterocycles. The molecule has 6 heteroatoms. The molecule has 3 fully saturated rings. The third kappa shape index (κ3) is 3.79. The van der Waals surface area contributed by atoms with E-state index >= 15 is 0 Å². The molecule has 3 saturated carbocycles. The normalized spacial score (nSPS) is 40.4. The summed E-state index contributed by atoms with van der Waals surface area (Å²) in [7, 11) is 3.77. The average molecular weight is 532 g/mol. The van der Waals surface area contributed by atoms with E-state index in [9.17, 15) is 9.90 Å². The van der Waals surface area contributed by atoms with Crippen LogP contribution in [-0.4, -0.2) is 48.9 Å². The zero-order valence-corrected chi connectivity index (χ0v) is 23.8. The molecule has 7 atom stereocenters. The Morgan fingerprint density at radius 1 is 1.13 bits per heavy atom. The van der Waals surface area contributed by atoms with Gasteiger partial charge in [0, 0.05) is 18.5 Å². The Hall–Kier alpha value is -2.49. The van der Waals surface area contributed by atoms with Gasteiger partial charge in [0.15, 0.2) is 17.3 Å². The Kier molecular flexibility index (Phi) is 5.72. The highest BCUT2D eigenvalue weighted by atomic mass is 16.7. The Labute approximate surface area is 232 Å². The maximum absolute atomic E-state index is 12.2. The van der Waals surface area contributed by atoms with E-state index in [1.54, 1.807) is 7.11 Å². The van der Waals surface area contributed by atoms with Crippen molar-refractivity contribution in [2.45, 2.75) is 83.3 Å². The molecule has 6 aliphatic rings. The number of rotatable bonds is 1. The van der Waals surface area contributed by atoms with Crippen molar-refractivity contribution in [2.75, 3.05) is 27.5 Å². The van der Waals surface area contributed by atoms with Crippen LogP contribution in [0.25, 0.3) is 0 Å². The van der Waals surface area contributed by atoms with Crippen LogP contribution in [0.4, 0.5) is 0 Å². The zero-order chi connectivity index (χ0) is 27.2. The Morgan fingerprint density at radius 3 is 2.79 bits per heavy atom. The second kappa shape index (κ2) is 8.75. The monoisotopic (exact) mass is 531 g/mol. The highest BCUT2D eigenvalue weighted by Crippen LogP contribution is 2.66. The molecular formula is C33H41NO5. The summed E-state index contributed by atoms with van der Waals surface area (Å²) >= 11 is 0. The summed E-state index contributed by atoms with van der Waals surface area (Å²) in [5, 5.41) is 12.0. The van der Waals surface area contributed by atoms with Crippen molar-refractivity contribution in [1.29, 1.82) is 0 Å². The lowest BCUT2D eigenvalue weighted by Gasteiger charge is -2.57. The number of likely N-dealkylation sites (N-methyl/N-ethyl adjacent to an activating group) is 1. The number of allylic oxidation sites excluding steroid dienone is 1. The van der Waals surface area contributed by atoms with E-state index in [1.165, 1.54) is 17.6 Å². The predicted molar refractivity (Wildman–Crippen MR) is 148 cm³/mol. The Morgan fingerprint density at radius 2 is 1.97 bits per heavy atom. The second-order valence-electron chi connectivity index (χ2n) is 13.7. The minimum Gasteiger partial charge on any atom is -0.492 e. The summed E-state index contributed by atoms with van der Waals surface area (Å²) < 4.78 is 17.3. The van der Waals surface area contributed by atoms with E-state index in [1.807, 2.05) is 6.08 Å². The molecule has 0 spiro atoms. The lowest BCUT2D eigenvalue weighted by atomic mass is 9.47. The van der Waals surface area contributed by atoms with Crippen molar-refractivity contribution in [2.24, 2.45) is 28.6 Å². The van der Waals surface area contributed by atoms with Crippen molar-refractivity contribution >= 4 is 5.78 Å². The van der Waals surface area contributed by atoms with Crippen LogP contribution in [0.1, 0.15) is 82.4 Å². The van der Waals surface area contributed by atoms with Gasteiger partial charge < -0.3 is 19.3 Å². The third-order valence-corrected chi connectivity index (χ3v) is 11.6. The molecule has 4 aliphatic carbocycles. The first kappa shape index (κ1) is 25.5. The molecule has 7 rings (SSSR count). The maximum Gasteiger partial charge on any atom is 0.231 e. The van der Waals surface area contributed by atoms with E-state index in [0.717, 1.165) is 62.8 Å². The van der Waals surface area contributed by atoms with Gasteiger partial charge >= 0.3 is 0 Å². The van der Waals surface area contributed by atoms with Gasteiger partial charge in [-0.3, -0.25) is 9.69 Å². The fourth-order valence-electron chi connectivity index (χ4n) is 9.59. The molecule has 208 valence electrons. The number of ether oxygens (including phenoxy) is 3. The molecule has 6 nitrogen and oxygen atoms in total. The molecule has 0 bridgehead atoms. The van der Waals surface area contributed by atoms with Crippen molar-refractivity contribution in [3.05, 3.63) is 28.8 Å². The number of methoxy groups -OCH3 is 1. The van der Waals surface area contributed by atoms with E-state index < -0.39 is 5.60 Å². The van der Waals surface area contributed by atoms with Crippen molar-refractivity contribution in [1.82, 2.24) is 4.90 Å². The van der Waals surface area contributed by atoms with Crippen LogP contribution in [0.2, 0.25) is 0 Å². The number of carbonyl (C=O) groups is 1. The van der Waals surface area contributed by atoms with Gasteiger partial charge in [-0.05, 0) is 105 Å². The number of hydrogen-bond donors (Lipinski definition) is 1. The summed E-state index contributed by atoms with van der Waals surface area (Å²) in [6.45, 7) is 5.90. The first-order valence-corrected chi connectivity index (χ1v) is 14.8. The number of nitrogens with zero attached hydrogens (tertiary/aromatic N) is 1. The summed E-state index contributed by atoms with van der Waals surface area (Å²) in [6, 6.07) is 1.90. The van der Waals surface area contributed by atoms with Crippen molar-refractivity contribution in [3.8, 4) is 29.1 Å². The van der Waals surface area contributed by atoms with E-state index in [4.69, 9.17) is 14.2 Å². The minimum absolute atomic E-state index is 0.104. The molecule has 1 aromatic rings. The summed E-state index contributed by atoms with van der Waals surface area (Å²) in [4.78, 5) is 14.4. The van der Waals surface area contributed by atoms with Gasteiger partial charge in [0.2, 0.25) is 12.5 Å². The van der Waals surface area contributed by atoms with Crippen LogP contribution >= 0.6 is 0 Å². The molecule has 0 radical (unpaired) electrons. The van der Waals surface area contributed by atoms with Crippen LogP contribution < -0.4 is 14.2 Å². The van der Waals surface area contributed by atoms with Gasteiger partial charge in [-0.1, -0.05) is 31.3 Å². The summed E-state index contributed by atoms with van der Waals surface area (Å²) in [6.07, 6.45) is 10.5. The van der Waals surface area contributed by atoms with Gasteiger partial charge in [0.25, 0.3) is 0 Å². The number of aliphatic hydroxyl groups is 1. The third-order valence-electron chi connectivity index (χ3n) is 11.6. The van der Waals surface area contributed by atoms with Gasteiger partial charge in [-0.2, -0.15) is 0 Å². The van der Waals surface area contributed by atoms with Crippen LogP contribution in [0.5, 0.6) is 17.2 Å². The lowest BCUT2D eigenvalue weighted by molar-refractivity contribution is -0.117. The SMILES string of the molecule is COc1c2c(cc3c1C(C#CC1(O)CC4C5CCC6=CC(=O)CC[C@]6(C)C5CC[C@]4(C)C1)N(C)CC3)OCO2.